The van der Waals surface area contributed by atoms with Crippen LogP contribution in [0.5, 0.6) is 5.75 Å². The number of nitrogens with zero attached hydrogens (tertiary/aromatic N) is 5. The molecule has 0 spiro atoms. The van der Waals surface area contributed by atoms with Gasteiger partial charge in [0.1, 0.15) is 11.6 Å². The average Bonchev–Trinajstić information content (AvgIpc) is 3.68. The van der Waals surface area contributed by atoms with Gasteiger partial charge >= 0.3 is 0 Å². The molecule has 1 aromatic heterocycles. The fourth-order valence-corrected chi connectivity index (χ4v) is 5.81. The molecule has 1 aliphatic heterocycles. The Kier molecular flexibility index (Phi) is 7.99. The van der Waals surface area contributed by atoms with Crippen LogP contribution in [0.2, 0.25) is 0 Å². The lowest BCUT2D eigenvalue weighted by atomic mass is 9.93. The summed E-state index contributed by atoms with van der Waals surface area (Å²) in [5.41, 5.74) is 2.35. The number of tetrazole rings is 1. The van der Waals surface area contributed by atoms with E-state index in [1.54, 1.807) is 36.9 Å². The number of ketones is 1. The Labute approximate surface area is 225 Å². The van der Waals surface area contributed by atoms with Gasteiger partial charge < -0.3 is 4.74 Å². The Morgan fingerprint density at radius 1 is 1.16 bits per heavy atom. The molecule has 1 saturated heterocycles. The first-order valence-electron chi connectivity index (χ1n) is 12.7. The Balaban J connectivity index is 1.45. The van der Waals surface area contributed by atoms with Crippen LogP contribution in [-0.4, -0.2) is 61.5 Å². The van der Waals surface area contributed by atoms with Gasteiger partial charge in [0.25, 0.3) is 0 Å². The zero-order valence-corrected chi connectivity index (χ0v) is 22.2. The van der Waals surface area contributed by atoms with Crippen LogP contribution in [0.4, 0.5) is 4.39 Å². The molecule has 8 nitrogen and oxygen atoms in total. The number of thioether (sulfide) groups is 1. The first-order chi connectivity index (χ1) is 18.4. The summed E-state index contributed by atoms with van der Waals surface area (Å²) in [7, 11) is 1.62. The third-order valence-corrected chi connectivity index (χ3v) is 8.12. The van der Waals surface area contributed by atoms with Crippen molar-refractivity contribution in [1.82, 2.24) is 25.1 Å². The predicted octanol–water partition coefficient (Wildman–Crippen LogP) is 4.33. The lowest BCUT2D eigenvalue weighted by Gasteiger charge is -2.38. The molecule has 10 heteroatoms. The third-order valence-electron chi connectivity index (χ3n) is 6.97. The first kappa shape index (κ1) is 26.2. The van der Waals surface area contributed by atoms with E-state index in [0.717, 1.165) is 29.7 Å². The summed E-state index contributed by atoms with van der Waals surface area (Å²) in [6.45, 7) is 3.01. The Hall–Kier alpha value is -3.37. The maximum Gasteiger partial charge on any atom is 0.186 e. The van der Waals surface area contributed by atoms with Crippen molar-refractivity contribution in [3.63, 3.8) is 0 Å². The zero-order chi connectivity index (χ0) is 26.6. The van der Waals surface area contributed by atoms with Crippen molar-refractivity contribution in [1.29, 1.82) is 0 Å². The number of piperidine rings is 1. The lowest BCUT2D eigenvalue weighted by Crippen LogP contribution is -2.43. The summed E-state index contributed by atoms with van der Waals surface area (Å²) in [5, 5.41) is 12.2. The van der Waals surface area contributed by atoms with Gasteiger partial charge in [0.05, 0.1) is 19.7 Å². The van der Waals surface area contributed by atoms with E-state index in [2.05, 4.69) is 15.5 Å². The summed E-state index contributed by atoms with van der Waals surface area (Å²) in [6, 6.07) is 13.5. The van der Waals surface area contributed by atoms with E-state index >= 15 is 0 Å². The van der Waals surface area contributed by atoms with Crippen LogP contribution in [0.1, 0.15) is 49.2 Å². The molecule has 2 unspecified atom stereocenters. The summed E-state index contributed by atoms with van der Waals surface area (Å²) >= 11 is 1.27. The van der Waals surface area contributed by atoms with Gasteiger partial charge in [-0.3, -0.25) is 14.5 Å². The molecule has 5 rings (SSSR count). The summed E-state index contributed by atoms with van der Waals surface area (Å²) in [6.07, 6.45) is 4.27. The van der Waals surface area contributed by atoms with Gasteiger partial charge in [0.2, 0.25) is 0 Å². The highest BCUT2D eigenvalue weighted by Crippen LogP contribution is 2.40. The Morgan fingerprint density at radius 3 is 2.61 bits per heavy atom. The second kappa shape index (κ2) is 11.6. The summed E-state index contributed by atoms with van der Waals surface area (Å²) in [5.74, 6) is 0.998. The van der Waals surface area contributed by atoms with Gasteiger partial charge in [0, 0.05) is 36.7 Å². The highest BCUT2D eigenvalue weighted by molar-refractivity contribution is 8.14. The van der Waals surface area contributed by atoms with E-state index in [0.29, 0.717) is 37.4 Å². The van der Waals surface area contributed by atoms with Crippen molar-refractivity contribution >= 4 is 28.7 Å². The highest BCUT2D eigenvalue weighted by Gasteiger charge is 2.41. The van der Waals surface area contributed by atoms with Gasteiger partial charge in [-0.15, -0.1) is 5.10 Å². The van der Waals surface area contributed by atoms with Crippen molar-refractivity contribution in [2.75, 3.05) is 20.2 Å². The molecular formula is C28H30FN5O3S. The molecule has 0 radical (unpaired) electrons. The van der Waals surface area contributed by atoms with Crippen molar-refractivity contribution in [3.05, 3.63) is 76.9 Å². The molecule has 0 amide bonds. The van der Waals surface area contributed by atoms with Crippen LogP contribution in [0.3, 0.4) is 0 Å². The van der Waals surface area contributed by atoms with Gasteiger partial charge in [-0.05, 0) is 65.1 Å². The molecule has 2 heterocycles. The lowest BCUT2D eigenvalue weighted by molar-refractivity contribution is -0.126. The highest BCUT2D eigenvalue weighted by atomic mass is 32.2. The number of hydrogen-bond acceptors (Lipinski definition) is 8. The van der Waals surface area contributed by atoms with Crippen LogP contribution in [-0.2, 0) is 16.1 Å². The first-order valence-corrected chi connectivity index (χ1v) is 13.6. The molecular weight excluding hydrogens is 505 g/mol. The number of benzene rings is 2. The van der Waals surface area contributed by atoms with Crippen LogP contribution in [0.15, 0.2) is 54.1 Å². The predicted molar refractivity (Wildman–Crippen MR) is 143 cm³/mol. The molecule has 38 heavy (non-hydrogen) atoms. The van der Waals surface area contributed by atoms with Crippen molar-refractivity contribution in [2.45, 2.75) is 44.0 Å². The number of methoxy groups -OCH3 is 1. The molecule has 1 saturated carbocycles. The molecule has 0 N–H and O–H groups in total. The molecule has 2 fully saturated rings. The second-order valence-electron chi connectivity index (χ2n) is 9.72. The second-order valence-corrected chi connectivity index (χ2v) is 11.1. The topological polar surface area (TPSA) is 90.2 Å². The van der Waals surface area contributed by atoms with Gasteiger partial charge in [-0.2, -0.15) is 0 Å². The number of halogens is 1. The van der Waals surface area contributed by atoms with Gasteiger partial charge in [0.15, 0.2) is 16.7 Å². The Morgan fingerprint density at radius 2 is 1.92 bits per heavy atom. The average molecular weight is 536 g/mol. The van der Waals surface area contributed by atoms with E-state index in [1.807, 2.05) is 35.2 Å². The zero-order valence-electron chi connectivity index (χ0n) is 21.4. The number of ether oxygens (including phenoxy) is 1. The van der Waals surface area contributed by atoms with E-state index < -0.39 is 6.04 Å². The van der Waals surface area contributed by atoms with Crippen LogP contribution in [0.25, 0.3) is 6.08 Å². The minimum atomic E-state index is -0.661. The standard InChI is InChI=1S/C28H30FN5O3S/c1-18(35)38-25-13-14-33(27(28(36)20-9-10-20)23-5-3-4-6-24(23)29)17-21(25)15-26-30-31-32-34(26)16-19-7-11-22(37-2)12-8-19/h3-8,11-12,15,20,25,27H,9-10,13-14,16-17H2,1-2H3/b21-15+. The SMILES string of the molecule is COc1ccc(Cn2nnnc2/C=C2\CN(C(C(=O)C3CC3)c3ccccc3F)CCC2SC(C)=O)cc1. The monoisotopic (exact) mass is 535 g/mol. The minimum Gasteiger partial charge on any atom is -0.497 e. The molecule has 2 aliphatic rings. The van der Waals surface area contributed by atoms with Crippen molar-refractivity contribution < 1.29 is 18.7 Å². The van der Waals surface area contributed by atoms with E-state index in [-0.39, 0.29) is 27.9 Å². The van der Waals surface area contributed by atoms with E-state index in [4.69, 9.17) is 4.74 Å². The smallest absolute Gasteiger partial charge is 0.186 e. The quantitative estimate of drug-likeness (QED) is 0.400. The molecule has 2 aromatic carbocycles. The molecule has 1 aliphatic carbocycles. The molecule has 2 atom stereocenters. The maximum atomic E-state index is 14.9. The fourth-order valence-electron chi connectivity index (χ4n) is 4.89. The molecule has 198 valence electrons. The van der Waals surface area contributed by atoms with Crippen molar-refractivity contribution in [2.24, 2.45) is 5.92 Å². The number of hydrogen-bond donors (Lipinski definition) is 0. The van der Waals surface area contributed by atoms with Crippen LogP contribution in [0, 0.1) is 11.7 Å². The van der Waals surface area contributed by atoms with Crippen molar-refractivity contribution in [3.8, 4) is 5.75 Å². The number of carbonyl (C=O) groups excluding carboxylic acids is 2. The number of rotatable bonds is 9. The number of Topliss-reactive ketones (excluding diaryl/α,β-unsaturated/α-hetero) is 1. The summed E-state index contributed by atoms with van der Waals surface area (Å²) in [4.78, 5) is 27.5. The molecule has 3 aromatic rings. The largest absolute Gasteiger partial charge is 0.497 e. The van der Waals surface area contributed by atoms with Crippen LogP contribution < -0.4 is 4.74 Å². The van der Waals surface area contributed by atoms with Crippen LogP contribution >= 0.6 is 11.8 Å². The number of aromatic nitrogens is 4. The fraction of sp³-hybridized carbons (Fsp3) is 0.393. The summed E-state index contributed by atoms with van der Waals surface area (Å²) < 4.78 is 21.9. The maximum absolute atomic E-state index is 14.9. The normalized spacial score (nSPS) is 19.9. The number of carbonyl (C=O) groups is 2. The third kappa shape index (κ3) is 6.02. The van der Waals surface area contributed by atoms with Gasteiger partial charge in [-0.25, -0.2) is 9.07 Å². The van der Waals surface area contributed by atoms with E-state index in [1.165, 1.54) is 17.8 Å². The van der Waals surface area contributed by atoms with Gasteiger partial charge in [-0.1, -0.05) is 42.1 Å². The minimum absolute atomic E-state index is 0.0202. The molecule has 0 bridgehead atoms. The van der Waals surface area contributed by atoms with E-state index in [9.17, 15) is 14.0 Å². The number of likely N-dealkylation sites (tertiary alicyclic amines) is 1. The Bertz CT molecular complexity index is 1340.